The summed E-state index contributed by atoms with van der Waals surface area (Å²) in [5, 5.41) is 12.5. The predicted octanol–water partition coefficient (Wildman–Crippen LogP) is 3.53. The number of benzene rings is 2. The van der Waals surface area contributed by atoms with Gasteiger partial charge in [-0.2, -0.15) is 0 Å². The van der Waals surface area contributed by atoms with E-state index in [0.717, 1.165) is 28.4 Å². The molecule has 2 heterocycles. The zero-order valence-electron chi connectivity index (χ0n) is 24.1. The third-order valence-electron chi connectivity index (χ3n) is 6.99. The number of rotatable bonds is 13. The van der Waals surface area contributed by atoms with Crippen LogP contribution in [0.3, 0.4) is 0 Å². The Morgan fingerprint density at radius 1 is 1.07 bits per heavy atom. The second kappa shape index (κ2) is 14.2. The summed E-state index contributed by atoms with van der Waals surface area (Å²) in [6.45, 7) is 9.24. The second-order valence-electron chi connectivity index (χ2n) is 9.82. The maximum atomic E-state index is 13.3. The number of likely N-dealkylation sites (N-methyl/N-ethyl adjacent to an activating group) is 2. The maximum Gasteiger partial charge on any atom is 0.357 e. The van der Waals surface area contributed by atoms with Gasteiger partial charge in [0, 0.05) is 49.9 Å². The van der Waals surface area contributed by atoms with Crippen LogP contribution in [-0.4, -0.2) is 84.1 Å². The van der Waals surface area contributed by atoms with E-state index in [0.29, 0.717) is 38.5 Å². The van der Waals surface area contributed by atoms with Gasteiger partial charge >= 0.3 is 5.97 Å². The summed E-state index contributed by atoms with van der Waals surface area (Å²) in [5.41, 5.74) is 5.36. The van der Waals surface area contributed by atoms with E-state index in [-0.39, 0.29) is 24.9 Å². The molecule has 3 aromatic rings. The minimum absolute atomic E-state index is 0.0000190. The molecule has 10 nitrogen and oxygen atoms in total. The van der Waals surface area contributed by atoms with E-state index in [1.54, 1.807) is 29.3 Å². The van der Waals surface area contributed by atoms with Gasteiger partial charge in [-0.1, -0.05) is 31.2 Å². The number of thiazole rings is 1. The topological polar surface area (TPSA) is 107 Å². The van der Waals surface area contributed by atoms with E-state index in [1.165, 1.54) is 22.5 Å². The van der Waals surface area contributed by atoms with Gasteiger partial charge in [0.2, 0.25) is 5.91 Å². The van der Waals surface area contributed by atoms with E-state index < -0.39 is 5.97 Å². The second-order valence-corrected chi connectivity index (χ2v) is 10.7. The van der Waals surface area contributed by atoms with Crippen LogP contribution >= 0.6 is 11.3 Å². The number of anilines is 1. The number of esters is 1. The van der Waals surface area contributed by atoms with Crippen LogP contribution in [0.15, 0.2) is 47.8 Å². The van der Waals surface area contributed by atoms with Crippen LogP contribution in [0.25, 0.3) is 10.6 Å². The number of hydrazine groups is 1. The molecule has 2 N–H and O–H groups in total. The van der Waals surface area contributed by atoms with Gasteiger partial charge in [0.15, 0.2) is 5.69 Å². The first kappa shape index (κ1) is 30.2. The van der Waals surface area contributed by atoms with Crippen molar-refractivity contribution < 1.29 is 19.1 Å². The summed E-state index contributed by atoms with van der Waals surface area (Å²) in [6.07, 6.45) is 0. The van der Waals surface area contributed by atoms with Crippen molar-refractivity contribution >= 4 is 34.8 Å². The Labute approximate surface area is 245 Å². The summed E-state index contributed by atoms with van der Waals surface area (Å²) in [7, 11) is 1.77. The van der Waals surface area contributed by atoms with Gasteiger partial charge in [-0.05, 0) is 55.3 Å². The van der Waals surface area contributed by atoms with E-state index in [2.05, 4.69) is 27.8 Å². The molecule has 0 radical (unpaired) electrons. The SMILES string of the molecule is CCNCCN(CC(=O)N(C)N1Cc2ccccc2C1)C(=O)CNc1ccc(-c2nc(C(=O)OCC)cs2)cc1C. The quantitative estimate of drug-likeness (QED) is 0.234. The Balaban J connectivity index is 1.36. The number of hydrogen-bond acceptors (Lipinski definition) is 9. The molecule has 0 saturated heterocycles. The number of nitrogens with one attached hydrogen (secondary N) is 2. The van der Waals surface area contributed by atoms with Crippen LogP contribution < -0.4 is 10.6 Å². The van der Waals surface area contributed by atoms with Crippen molar-refractivity contribution in [3.63, 3.8) is 0 Å². The van der Waals surface area contributed by atoms with E-state index in [9.17, 15) is 14.4 Å². The lowest BCUT2D eigenvalue weighted by molar-refractivity contribution is -0.151. The minimum atomic E-state index is -0.433. The van der Waals surface area contributed by atoms with Gasteiger partial charge < -0.3 is 20.3 Å². The number of amides is 2. The summed E-state index contributed by atoms with van der Waals surface area (Å²) < 4.78 is 5.03. The van der Waals surface area contributed by atoms with Crippen molar-refractivity contribution in [2.24, 2.45) is 0 Å². The molecule has 0 spiro atoms. The Morgan fingerprint density at radius 2 is 1.80 bits per heavy atom. The highest BCUT2D eigenvalue weighted by Gasteiger charge is 2.27. The van der Waals surface area contributed by atoms with Gasteiger partial charge in [-0.15, -0.1) is 11.3 Å². The molecular formula is C30H38N6O4S. The molecule has 41 heavy (non-hydrogen) atoms. The number of aromatic nitrogens is 1. The Kier molecular flexibility index (Phi) is 10.4. The molecule has 1 aliphatic heterocycles. The van der Waals surface area contributed by atoms with Crippen molar-refractivity contribution in [1.29, 1.82) is 0 Å². The molecule has 1 aliphatic rings. The molecule has 218 valence electrons. The first-order valence-electron chi connectivity index (χ1n) is 13.8. The van der Waals surface area contributed by atoms with Crippen LogP contribution in [-0.2, 0) is 27.4 Å². The number of carbonyl (C=O) groups is 3. The molecule has 4 rings (SSSR count). The number of ether oxygens (including phenoxy) is 1. The molecule has 0 atom stereocenters. The normalized spacial score (nSPS) is 12.6. The molecule has 0 aliphatic carbocycles. The molecule has 0 fully saturated rings. The van der Waals surface area contributed by atoms with Gasteiger partial charge in [-0.3, -0.25) is 14.6 Å². The lowest BCUT2D eigenvalue weighted by Crippen LogP contribution is -2.49. The predicted molar refractivity (Wildman–Crippen MR) is 160 cm³/mol. The van der Waals surface area contributed by atoms with E-state index in [4.69, 9.17) is 4.74 Å². The van der Waals surface area contributed by atoms with Crippen LogP contribution in [0.4, 0.5) is 5.69 Å². The zero-order chi connectivity index (χ0) is 29.4. The van der Waals surface area contributed by atoms with Gasteiger partial charge in [0.25, 0.3) is 5.91 Å². The molecule has 0 unspecified atom stereocenters. The lowest BCUT2D eigenvalue weighted by Gasteiger charge is -2.31. The van der Waals surface area contributed by atoms with Crippen molar-refractivity contribution in [3.8, 4) is 10.6 Å². The van der Waals surface area contributed by atoms with Crippen molar-refractivity contribution in [1.82, 2.24) is 25.2 Å². The average Bonchev–Trinajstić information content (AvgIpc) is 3.63. The maximum absolute atomic E-state index is 13.3. The van der Waals surface area contributed by atoms with E-state index in [1.807, 2.05) is 49.2 Å². The molecule has 2 amide bonds. The molecule has 1 aromatic heterocycles. The highest BCUT2D eigenvalue weighted by atomic mass is 32.1. The van der Waals surface area contributed by atoms with Crippen molar-refractivity contribution in [2.75, 3.05) is 51.7 Å². The Morgan fingerprint density at radius 3 is 2.46 bits per heavy atom. The summed E-state index contributed by atoms with van der Waals surface area (Å²) in [6, 6.07) is 14.0. The third kappa shape index (κ3) is 7.69. The first-order valence-corrected chi connectivity index (χ1v) is 14.7. The minimum Gasteiger partial charge on any atom is -0.461 e. The number of nitrogens with zero attached hydrogens (tertiary/aromatic N) is 4. The highest BCUT2D eigenvalue weighted by molar-refractivity contribution is 7.13. The average molecular weight is 579 g/mol. The fourth-order valence-corrected chi connectivity index (χ4v) is 5.40. The molecule has 0 saturated carbocycles. The van der Waals surface area contributed by atoms with Crippen LogP contribution in [0, 0.1) is 6.92 Å². The molecular weight excluding hydrogens is 540 g/mol. The summed E-state index contributed by atoms with van der Waals surface area (Å²) in [4.78, 5) is 44.5. The third-order valence-corrected chi connectivity index (χ3v) is 7.88. The monoisotopic (exact) mass is 578 g/mol. The molecule has 11 heteroatoms. The Bertz CT molecular complexity index is 1350. The van der Waals surface area contributed by atoms with Crippen molar-refractivity contribution in [3.05, 3.63) is 70.2 Å². The fraction of sp³-hybridized carbons (Fsp3) is 0.400. The highest BCUT2D eigenvalue weighted by Crippen LogP contribution is 2.28. The van der Waals surface area contributed by atoms with Gasteiger partial charge in [-0.25, -0.2) is 14.8 Å². The van der Waals surface area contributed by atoms with Crippen molar-refractivity contribution in [2.45, 2.75) is 33.9 Å². The number of hydrogen-bond donors (Lipinski definition) is 2. The number of carbonyl (C=O) groups excluding carboxylic acids is 3. The van der Waals surface area contributed by atoms with Gasteiger partial charge in [0.05, 0.1) is 13.2 Å². The smallest absolute Gasteiger partial charge is 0.357 e. The number of aryl methyl sites for hydroxylation is 1. The largest absolute Gasteiger partial charge is 0.461 e. The van der Waals surface area contributed by atoms with Gasteiger partial charge in [0.1, 0.15) is 11.6 Å². The number of fused-ring (bicyclic) bond motifs is 1. The summed E-state index contributed by atoms with van der Waals surface area (Å²) in [5.74, 6) is -0.719. The molecule has 2 aromatic carbocycles. The Hall–Kier alpha value is -3.80. The van der Waals surface area contributed by atoms with Crippen LogP contribution in [0.1, 0.15) is 41.0 Å². The fourth-order valence-electron chi connectivity index (χ4n) is 4.62. The summed E-state index contributed by atoms with van der Waals surface area (Å²) >= 11 is 1.38. The first-order chi connectivity index (χ1) is 19.8. The zero-order valence-corrected chi connectivity index (χ0v) is 24.9. The van der Waals surface area contributed by atoms with Crippen LogP contribution in [0.5, 0.6) is 0 Å². The van der Waals surface area contributed by atoms with E-state index >= 15 is 0 Å². The lowest BCUT2D eigenvalue weighted by atomic mass is 10.1. The standard InChI is InChI=1S/C30H38N6O4S/c1-5-31-13-14-35(19-28(38)34(4)36-17-23-9-7-8-10-24(23)18-36)27(37)16-32-25-12-11-22(15-21(25)3)29-33-26(20-41-29)30(39)40-6-2/h7-12,15,20,31-32H,5-6,13-14,16-19H2,1-4H3. The molecule has 0 bridgehead atoms. The van der Waals surface area contributed by atoms with Crippen LogP contribution in [0.2, 0.25) is 0 Å².